The zero-order valence-corrected chi connectivity index (χ0v) is 15.4. The maximum absolute atomic E-state index is 13.0. The summed E-state index contributed by atoms with van der Waals surface area (Å²) in [5.41, 5.74) is 1.75. The third-order valence-electron chi connectivity index (χ3n) is 4.92. The Morgan fingerprint density at radius 2 is 1.83 bits per heavy atom. The second-order valence-corrected chi connectivity index (χ2v) is 8.77. The number of carbonyl (C=O) groups is 1. The number of hydrogen-bond acceptors (Lipinski definition) is 4. The molecule has 24 heavy (non-hydrogen) atoms. The summed E-state index contributed by atoms with van der Waals surface area (Å²) in [5.74, 6) is 0.0176. The highest BCUT2D eigenvalue weighted by molar-refractivity contribution is 7.89. The molecule has 2 aliphatic rings. The SMILES string of the molecule is CCN1C(=O)C(C)(C)c2cc(S(=O)(=O)N3CCOCC3)cc(C)c21. The van der Waals surface area contributed by atoms with Crippen molar-refractivity contribution in [1.29, 1.82) is 0 Å². The summed E-state index contributed by atoms with van der Waals surface area (Å²) >= 11 is 0. The third kappa shape index (κ3) is 2.46. The molecule has 0 unspecified atom stereocenters. The normalized spacial score (nSPS) is 21.2. The summed E-state index contributed by atoms with van der Waals surface area (Å²) in [5, 5.41) is 0. The van der Waals surface area contributed by atoms with Crippen LogP contribution in [0.3, 0.4) is 0 Å². The summed E-state index contributed by atoms with van der Waals surface area (Å²) in [4.78, 5) is 14.7. The number of hydrogen-bond donors (Lipinski definition) is 0. The number of aryl methyl sites for hydroxylation is 1. The first-order valence-corrected chi connectivity index (χ1v) is 9.70. The summed E-state index contributed by atoms with van der Waals surface area (Å²) in [7, 11) is -3.57. The number of rotatable bonds is 3. The molecule has 0 N–H and O–H groups in total. The lowest BCUT2D eigenvalue weighted by molar-refractivity contribution is -0.122. The van der Waals surface area contributed by atoms with Gasteiger partial charge in [-0.1, -0.05) is 0 Å². The van der Waals surface area contributed by atoms with E-state index < -0.39 is 15.4 Å². The summed E-state index contributed by atoms with van der Waals surface area (Å²) in [6, 6.07) is 3.36. The summed E-state index contributed by atoms with van der Waals surface area (Å²) < 4.78 is 32.6. The van der Waals surface area contributed by atoms with Crippen LogP contribution in [-0.4, -0.2) is 51.5 Å². The van der Waals surface area contributed by atoms with Crippen molar-refractivity contribution >= 4 is 21.6 Å². The number of benzene rings is 1. The Labute approximate surface area is 143 Å². The quantitative estimate of drug-likeness (QED) is 0.830. The first-order chi connectivity index (χ1) is 11.2. The monoisotopic (exact) mass is 352 g/mol. The molecule has 132 valence electrons. The Morgan fingerprint density at radius 1 is 1.21 bits per heavy atom. The molecular formula is C17H24N2O4S. The summed E-state index contributed by atoms with van der Waals surface area (Å²) in [6.07, 6.45) is 0. The van der Waals surface area contributed by atoms with Crippen molar-refractivity contribution in [2.45, 2.75) is 38.0 Å². The van der Waals surface area contributed by atoms with Gasteiger partial charge in [0.1, 0.15) is 0 Å². The molecule has 0 atom stereocenters. The van der Waals surface area contributed by atoms with E-state index in [4.69, 9.17) is 4.74 Å². The van der Waals surface area contributed by atoms with Gasteiger partial charge in [0, 0.05) is 19.6 Å². The van der Waals surface area contributed by atoms with E-state index in [0.717, 1.165) is 16.8 Å². The molecule has 2 heterocycles. The Kier molecular flexibility index (Phi) is 4.22. The molecule has 0 aliphatic carbocycles. The lowest BCUT2D eigenvalue weighted by Crippen LogP contribution is -2.40. The number of amides is 1. The second kappa shape index (κ2) is 5.82. The van der Waals surface area contributed by atoms with Crippen LogP contribution in [-0.2, 0) is 25.0 Å². The van der Waals surface area contributed by atoms with Crippen LogP contribution < -0.4 is 4.90 Å². The van der Waals surface area contributed by atoms with E-state index in [1.54, 1.807) is 17.0 Å². The first-order valence-electron chi connectivity index (χ1n) is 8.26. The molecular weight excluding hydrogens is 328 g/mol. The van der Waals surface area contributed by atoms with Gasteiger partial charge in [-0.05, 0) is 51.0 Å². The minimum absolute atomic E-state index is 0.0176. The number of likely N-dealkylation sites (N-methyl/N-ethyl adjacent to an activating group) is 1. The van der Waals surface area contributed by atoms with Gasteiger partial charge in [-0.2, -0.15) is 4.31 Å². The fraction of sp³-hybridized carbons (Fsp3) is 0.588. The number of anilines is 1. The van der Waals surface area contributed by atoms with Crippen LogP contribution in [0, 0.1) is 6.92 Å². The van der Waals surface area contributed by atoms with E-state index in [1.807, 2.05) is 27.7 Å². The average molecular weight is 352 g/mol. The summed E-state index contributed by atoms with van der Waals surface area (Å²) in [6.45, 7) is 9.64. The number of nitrogens with zero attached hydrogens (tertiary/aromatic N) is 2. The highest BCUT2D eigenvalue weighted by Gasteiger charge is 2.45. The van der Waals surface area contributed by atoms with Crippen LogP contribution in [0.15, 0.2) is 17.0 Å². The van der Waals surface area contributed by atoms with Gasteiger partial charge in [0.05, 0.1) is 29.2 Å². The van der Waals surface area contributed by atoms with E-state index >= 15 is 0 Å². The van der Waals surface area contributed by atoms with Crippen molar-refractivity contribution < 1.29 is 17.9 Å². The Bertz CT molecular complexity index is 780. The number of sulfonamides is 1. The largest absolute Gasteiger partial charge is 0.379 e. The maximum atomic E-state index is 13.0. The number of ether oxygens (including phenoxy) is 1. The molecule has 7 heteroatoms. The predicted molar refractivity (Wildman–Crippen MR) is 91.8 cm³/mol. The standard InChI is InChI=1S/C17H24N2O4S/c1-5-19-15-12(2)10-13(11-14(15)17(3,4)16(19)20)24(21,22)18-6-8-23-9-7-18/h10-11H,5-9H2,1-4H3. The third-order valence-corrected chi connectivity index (χ3v) is 6.80. The van der Waals surface area contributed by atoms with Crippen molar-refractivity contribution in [3.8, 4) is 0 Å². The molecule has 1 aromatic rings. The van der Waals surface area contributed by atoms with Gasteiger partial charge < -0.3 is 9.64 Å². The molecule has 1 amide bonds. The smallest absolute Gasteiger partial charge is 0.243 e. The predicted octanol–water partition coefficient (Wildman–Crippen LogP) is 1.66. The molecule has 6 nitrogen and oxygen atoms in total. The van der Waals surface area contributed by atoms with Crippen LogP contribution in [0.1, 0.15) is 31.9 Å². The molecule has 0 saturated carbocycles. The van der Waals surface area contributed by atoms with Crippen molar-refractivity contribution in [2.75, 3.05) is 37.7 Å². The zero-order chi connectivity index (χ0) is 17.7. The van der Waals surface area contributed by atoms with E-state index in [9.17, 15) is 13.2 Å². The van der Waals surface area contributed by atoms with Crippen LogP contribution in [0.2, 0.25) is 0 Å². The van der Waals surface area contributed by atoms with Gasteiger partial charge in [0.15, 0.2) is 0 Å². The minimum Gasteiger partial charge on any atom is -0.379 e. The van der Waals surface area contributed by atoms with Crippen molar-refractivity contribution in [3.63, 3.8) is 0 Å². The Hall–Kier alpha value is -1.44. The zero-order valence-electron chi connectivity index (χ0n) is 14.6. The molecule has 1 aromatic carbocycles. The molecule has 1 saturated heterocycles. The van der Waals surface area contributed by atoms with Crippen LogP contribution in [0.5, 0.6) is 0 Å². The minimum atomic E-state index is -3.57. The molecule has 0 aromatic heterocycles. The highest BCUT2D eigenvalue weighted by Crippen LogP contribution is 2.44. The molecule has 0 bridgehead atoms. The Morgan fingerprint density at radius 3 is 2.42 bits per heavy atom. The van der Waals surface area contributed by atoms with Crippen LogP contribution in [0.25, 0.3) is 0 Å². The fourth-order valence-electron chi connectivity index (χ4n) is 3.52. The molecule has 1 fully saturated rings. The van der Waals surface area contributed by atoms with Crippen LogP contribution >= 0.6 is 0 Å². The number of fused-ring (bicyclic) bond motifs is 1. The maximum Gasteiger partial charge on any atom is 0.243 e. The van der Waals surface area contributed by atoms with E-state index in [2.05, 4.69) is 0 Å². The van der Waals surface area contributed by atoms with Gasteiger partial charge in [-0.25, -0.2) is 8.42 Å². The topological polar surface area (TPSA) is 66.9 Å². The highest BCUT2D eigenvalue weighted by atomic mass is 32.2. The van der Waals surface area contributed by atoms with Crippen LogP contribution in [0.4, 0.5) is 5.69 Å². The van der Waals surface area contributed by atoms with E-state index in [1.165, 1.54) is 4.31 Å². The van der Waals surface area contributed by atoms with Crippen molar-refractivity contribution in [1.82, 2.24) is 4.31 Å². The molecule has 0 radical (unpaired) electrons. The van der Waals surface area contributed by atoms with Crippen molar-refractivity contribution in [3.05, 3.63) is 23.3 Å². The van der Waals surface area contributed by atoms with Gasteiger partial charge >= 0.3 is 0 Å². The van der Waals surface area contributed by atoms with Gasteiger partial charge in [-0.3, -0.25) is 4.79 Å². The fourth-order valence-corrected chi connectivity index (χ4v) is 5.04. The molecule has 2 aliphatic heterocycles. The van der Waals surface area contributed by atoms with Crippen molar-refractivity contribution in [2.24, 2.45) is 0 Å². The van der Waals surface area contributed by atoms with Gasteiger partial charge in [-0.15, -0.1) is 0 Å². The first kappa shape index (κ1) is 17.4. The Balaban J connectivity index is 2.13. The van der Waals surface area contributed by atoms with Gasteiger partial charge in [0.2, 0.25) is 15.9 Å². The average Bonchev–Trinajstić information content (AvgIpc) is 2.76. The lowest BCUT2D eigenvalue weighted by atomic mass is 9.85. The second-order valence-electron chi connectivity index (χ2n) is 6.83. The van der Waals surface area contributed by atoms with E-state index in [0.29, 0.717) is 32.8 Å². The molecule has 3 rings (SSSR count). The molecule has 0 spiro atoms. The lowest BCUT2D eigenvalue weighted by Gasteiger charge is -2.27. The van der Waals surface area contributed by atoms with Gasteiger partial charge in [0.25, 0.3) is 0 Å². The van der Waals surface area contributed by atoms with E-state index in [-0.39, 0.29) is 10.8 Å². The number of carbonyl (C=O) groups excluding carboxylic acids is 1. The number of morpholine rings is 1.